The van der Waals surface area contributed by atoms with E-state index in [0.29, 0.717) is 5.69 Å². The Balaban J connectivity index is 0. The standard InChI is InChI=1S/C6H6N2O2.Ga.H3N/c9-7-8(10)6-4-2-1-3-5-6;;/h1-5,9H;;1H3. The van der Waals surface area contributed by atoms with Gasteiger partial charge in [0.05, 0.1) is 0 Å². The van der Waals surface area contributed by atoms with Gasteiger partial charge in [0.1, 0.15) is 0 Å². The molecule has 0 atom stereocenters. The Labute approximate surface area is 82.9 Å². The largest absolute Gasteiger partial charge is 0.592 e. The summed E-state index contributed by atoms with van der Waals surface area (Å²) in [5.41, 5.74) is 0.310. The van der Waals surface area contributed by atoms with E-state index in [9.17, 15) is 5.21 Å². The number of hydrogen-bond donors (Lipinski definition) is 2. The zero-order valence-electron chi connectivity index (χ0n) is 6.42. The summed E-state index contributed by atoms with van der Waals surface area (Å²) < 4.78 is 0. The SMILES string of the molecule is N.[Ga].[O-][N+](=NO)c1ccccc1. The van der Waals surface area contributed by atoms with Crippen molar-refractivity contribution < 1.29 is 10.1 Å². The third-order valence-corrected chi connectivity index (χ3v) is 1.06. The minimum atomic E-state index is 0. The second kappa shape index (κ2) is 6.71. The van der Waals surface area contributed by atoms with Gasteiger partial charge in [-0.3, -0.25) is 0 Å². The molecule has 1 aromatic carbocycles. The van der Waals surface area contributed by atoms with Crippen LogP contribution in [0.25, 0.3) is 0 Å². The normalized spacial score (nSPS) is 9.50. The minimum absolute atomic E-state index is 0. The van der Waals surface area contributed by atoms with Crippen molar-refractivity contribution in [3.05, 3.63) is 35.5 Å². The summed E-state index contributed by atoms with van der Waals surface area (Å²) in [5, 5.41) is 21.0. The molecule has 12 heavy (non-hydrogen) atoms. The molecule has 0 saturated carbocycles. The van der Waals surface area contributed by atoms with Gasteiger partial charge in [0.25, 0.3) is 0 Å². The van der Waals surface area contributed by atoms with Crippen molar-refractivity contribution >= 4 is 25.5 Å². The van der Waals surface area contributed by atoms with Gasteiger partial charge in [0.2, 0.25) is 11.0 Å². The fourth-order valence-corrected chi connectivity index (χ4v) is 0.607. The molecule has 0 unspecified atom stereocenters. The number of hydrogen-bond acceptors (Lipinski definition) is 3. The molecule has 0 fully saturated rings. The van der Waals surface area contributed by atoms with Crippen LogP contribution in [-0.4, -0.2) is 29.9 Å². The van der Waals surface area contributed by atoms with Crippen molar-refractivity contribution in [2.24, 2.45) is 5.28 Å². The summed E-state index contributed by atoms with van der Waals surface area (Å²) in [6.45, 7) is 0. The van der Waals surface area contributed by atoms with E-state index in [-0.39, 0.29) is 30.8 Å². The maximum absolute atomic E-state index is 10.5. The molecule has 6 heteroatoms. The molecular formula is C6H9GaN3O2. The molecular weight excluding hydrogens is 216 g/mol. The van der Waals surface area contributed by atoms with E-state index in [1.807, 2.05) is 0 Å². The van der Waals surface area contributed by atoms with Gasteiger partial charge < -0.3 is 16.6 Å². The molecule has 63 valence electrons. The van der Waals surface area contributed by atoms with Crippen molar-refractivity contribution in [1.82, 2.24) is 6.15 Å². The van der Waals surface area contributed by atoms with Gasteiger partial charge in [-0.05, 0) is 4.86 Å². The van der Waals surface area contributed by atoms with Gasteiger partial charge in [-0.1, -0.05) is 18.2 Å². The molecule has 0 aromatic heterocycles. The van der Waals surface area contributed by atoms with E-state index in [1.54, 1.807) is 30.3 Å². The molecule has 0 heterocycles. The Morgan fingerprint density at radius 3 is 2.17 bits per heavy atom. The van der Waals surface area contributed by atoms with Crippen molar-refractivity contribution in [3.63, 3.8) is 0 Å². The van der Waals surface area contributed by atoms with Gasteiger partial charge in [-0.25, -0.2) is 0 Å². The van der Waals surface area contributed by atoms with E-state index in [0.717, 1.165) is 0 Å². The summed E-state index contributed by atoms with van der Waals surface area (Å²) in [6.07, 6.45) is 0. The number of nitrogens with zero attached hydrogens (tertiary/aromatic N) is 2. The average Bonchev–Trinajstić information content (AvgIpc) is 2.05. The van der Waals surface area contributed by atoms with Crippen LogP contribution in [0.1, 0.15) is 0 Å². The molecule has 0 bridgehead atoms. The number of rotatable bonds is 1. The van der Waals surface area contributed by atoms with Crippen molar-refractivity contribution in [2.45, 2.75) is 0 Å². The smallest absolute Gasteiger partial charge is 0.248 e. The molecule has 1 aromatic rings. The molecule has 4 N–H and O–H groups in total. The average molecular weight is 225 g/mol. The van der Waals surface area contributed by atoms with E-state index in [2.05, 4.69) is 5.28 Å². The van der Waals surface area contributed by atoms with Crippen LogP contribution in [0.5, 0.6) is 0 Å². The summed E-state index contributed by atoms with van der Waals surface area (Å²) in [6, 6.07) is 8.24. The van der Waals surface area contributed by atoms with Crippen LogP contribution in [0.2, 0.25) is 0 Å². The van der Waals surface area contributed by atoms with Gasteiger partial charge in [0, 0.05) is 31.9 Å². The predicted octanol–water partition coefficient (Wildman–Crippen LogP) is 1.45. The summed E-state index contributed by atoms with van der Waals surface area (Å²) in [7, 11) is 0. The van der Waals surface area contributed by atoms with Gasteiger partial charge >= 0.3 is 0 Å². The first-order chi connectivity index (χ1) is 4.84. The van der Waals surface area contributed by atoms with Gasteiger partial charge in [-0.2, -0.15) is 0 Å². The number of benzene rings is 1. The predicted molar refractivity (Wildman–Crippen MR) is 44.7 cm³/mol. The molecule has 0 aliphatic carbocycles. The molecule has 1 rings (SSSR count). The van der Waals surface area contributed by atoms with E-state index in [1.165, 1.54) is 0 Å². The van der Waals surface area contributed by atoms with Crippen LogP contribution in [0, 0.1) is 5.21 Å². The molecule has 0 amide bonds. The van der Waals surface area contributed by atoms with Crippen molar-refractivity contribution in [1.29, 1.82) is 0 Å². The molecule has 5 nitrogen and oxygen atoms in total. The molecule has 0 spiro atoms. The van der Waals surface area contributed by atoms with E-state index in [4.69, 9.17) is 5.21 Å². The zero-order valence-corrected chi connectivity index (χ0v) is 8.84. The topological polar surface area (TPSA) is 93.7 Å². The number of para-hydroxylation sites is 1. The Hall–Kier alpha value is -0.984. The first-order valence-electron chi connectivity index (χ1n) is 2.72. The first-order valence-corrected chi connectivity index (χ1v) is 2.72. The van der Waals surface area contributed by atoms with Crippen LogP contribution in [0.3, 0.4) is 0 Å². The van der Waals surface area contributed by atoms with Gasteiger partial charge in [0.15, 0.2) is 0 Å². The summed E-state index contributed by atoms with van der Waals surface area (Å²) >= 11 is 0. The Kier molecular flexibility index (Phi) is 7.60. The summed E-state index contributed by atoms with van der Waals surface area (Å²) in [4.78, 5) is 0.139. The van der Waals surface area contributed by atoms with Crippen LogP contribution < -0.4 is 6.15 Å². The fourth-order valence-electron chi connectivity index (χ4n) is 0.607. The van der Waals surface area contributed by atoms with Crippen molar-refractivity contribution in [3.8, 4) is 0 Å². The van der Waals surface area contributed by atoms with E-state index < -0.39 is 0 Å². The summed E-state index contributed by atoms with van der Waals surface area (Å²) in [5.74, 6) is 0. The molecule has 0 aliphatic heterocycles. The second-order valence-electron chi connectivity index (χ2n) is 1.70. The monoisotopic (exact) mass is 224 g/mol. The van der Waals surface area contributed by atoms with Crippen LogP contribution >= 0.6 is 0 Å². The Bertz CT molecular complexity index is 240. The van der Waals surface area contributed by atoms with Gasteiger partial charge in [-0.15, -0.1) is 0 Å². The molecule has 0 saturated heterocycles. The zero-order chi connectivity index (χ0) is 7.40. The maximum atomic E-state index is 10.5. The minimum Gasteiger partial charge on any atom is -0.592 e. The first kappa shape index (κ1) is 13.6. The molecule has 3 radical (unpaired) electrons. The quantitative estimate of drug-likeness (QED) is 0.327. The Morgan fingerprint density at radius 1 is 1.25 bits per heavy atom. The fraction of sp³-hybridized carbons (Fsp3) is 0. The van der Waals surface area contributed by atoms with E-state index >= 15 is 0 Å². The van der Waals surface area contributed by atoms with Crippen LogP contribution in [0.15, 0.2) is 35.6 Å². The third kappa shape index (κ3) is 3.42. The Morgan fingerprint density at radius 2 is 1.75 bits per heavy atom. The molecule has 0 aliphatic rings. The second-order valence-corrected chi connectivity index (χ2v) is 1.70. The van der Waals surface area contributed by atoms with Crippen molar-refractivity contribution in [2.75, 3.05) is 0 Å². The van der Waals surface area contributed by atoms with Crippen LogP contribution in [0.4, 0.5) is 5.69 Å². The van der Waals surface area contributed by atoms with Crippen LogP contribution in [-0.2, 0) is 0 Å². The maximum Gasteiger partial charge on any atom is 0.248 e. The third-order valence-electron chi connectivity index (χ3n) is 1.06.